The average molecular weight is 416 g/mol. The molecule has 1 aliphatic heterocycles. The van der Waals surface area contributed by atoms with Crippen LogP contribution in [0.4, 0.5) is 0 Å². The number of piperidine rings is 1. The Bertz CT molecular complexity index is 912. The number of amides is 1. The molecule has 156 valence electrons. The number of carbonyl (C=O) groups excluding carboxylic acids is 1. The highest BCUT2D eigenvalue weighted by molar-refractivity contribution is 5.85. The number of allylic oxidation sites excluding steroid dienone is 1. The maximum absolute atomic E-state index is 12.9. The minimum absolute atomic E-state index is 0. The standard InChI is InChI=1S/C22H29N5O.ClH/c1-15(2)20(23)21-24-16(3)25-27(21)14-19(28)26-12-10-22(11-13-26)9-8-17-6-4-5-7-18(17)22;/h4-9,15,20H,10-14,23H2,1-3H3;1H/t20-;/m0./s1. The lowest BCUT2D eigenvalue weighted by atomic mass is 9.74. The summed E-state index contributed by atoms with van der Waals surface area (Å²) in [5, 5.41) is 4.42. The number of nitrogens with zero attached hydrogens (tertiary/aromatic N) is 4. The van der Waals surface area contributed by atoms with Gasteiger partial charge in [-0.2, -0.15) is 5.10 Å². The molecule has 2 N–H and O–H groups in total. The first-order valence-electron chi connectivity index (χ1n) is 10.1. The SMILES string of the molecule is Cc1nc([C@@H](N)C(C)C)n(CC(=O)N2CCC3(C=Cc4ccccc43)CC2)n1.Cl. The number of benzene rings is 1. The number of aryl methyl sites for hydroxylation is 1. The van der Waals surface area contributed by atoms with E-state index in [0.717, 1.165) is 25.9 Å². The third-order valence-electron chi connectivity index (χ3n) is 6.20. The van der Waals surface area contributed by atoms with Crippen LogP contribution in [0.1, 0.15) is 55.5 Å². The van der Waals surface area contributed by atoms with Gasteiger partial charge in [0.25, 0.3) is 0 Å². The molecule has 1 aromatic carbocycles. The van der Waals surface area contributed by atoms with E-state index >= 15 is 0 Å². The predicted octanol–water partition coefficient (Wildman–Crippen LogP) is 3.25. The van der Waals surface area contributed by atoms with Crippen molar-refractivity contribution in [1.29, 1.82) is 0 Å². The van der Waals surface area contributed by atoms with Crippen LogP contribution in [0, 0.1) is 12.8 Å². The topological polar surface area (TPSA) is 77.0 Å². The molecule has 2 aromatic rings. The van der Waals surface area contributed by atoms with Crippen LogP contribution in [-0.2, 0) is 16.8 Å². The third-order valence-corrected chi connectivity index (χ3v) is 6.20. The van der Waals surface area contributed by atoms with E-state index in [2.05, 4.69) is 60.3 Å². The molecule has 1 atom stereocenters. The molecule has 0 bridgehead atoms. The van der Waals surface area contributed by atoms with Gasteiger partial charge in [0, 0.05) is 18.5 Å². The van der Waals surface area contributed by atoms with Gasteiger partial charge in [-0.25, -0.2) is 9.67 Å². The summed E-state index contributed by atoms with van der Waals surface area (Å²) in [5.41, 5.74) is 9.07. The average Bonchev–Trinajstić information content (AvgIpc) is 3.23. The normalized spacial score (nSPS) is 18.0. The molecular formula is C22H30ClN5O. The Morgan fingerprint density at radius 2 is 1.93 bits per heavy atom. The lowest BCUT2D eigenvalue weighted by Crippen LogP contribution is -2.45. The van der Waals surface area contributed by atoms with Gasteiger partial charge in [0.1, 0.15) is 18.2 Å². The Morgan fingerprint density at radius 1 is 1.24 bits per heavy atom. The highest BCUT2D eigenvalue weighted by Crippen LogP contribution is 2.43. The number of rotatable bonds is 4. The van der Waals surface area contributed by atoms with Crippen LogP contribution in [0.15, 0.2) is 30.3 Å². The highest BCUT2D eigenvalue weighted by atomic mass is 35.5. The van der Waals surface area contributed by atoms with Crippen molar-refractivity contribution in [2.45, 2.75) is 51.6 Å². The fourth-order valence-corrected chi connectivity index (χ4v) is 4.39. The highest BCUT2D eigenvalue weighted by Gasteiger charge is 2.39. The molecule has 1 aromatic heterocycles. The molecule has 2 aliphatic rings. The summed E-state index contributed by atoms with van der Waals surface area (Å²) in [4.78, 5) is 19.4. The maximum atomic E-state index is 12.9. The molecule has 0 unspecified atom stereocenters. The van der Waals surface area contributed by atoms with Gasteiger partial charge < -0.3 is 10.6 Å². The van der Waals surface area contributed by atoms with Gasteiger partial charge in [-0.05, 0) is 36.8 Å². The van der Waals surface area contributed by atoms with E-state index in [1.165, 1.54) is 11.1 Å². The molecule has 1 spiro atoms. The second kappa shape index (κ2) is 8.28. The number of halogens is 1. The largest absolute Gasteiger partial charge is 0.341 e. The summed E-state index contributed by atoms with van der Waals surface area (Å²) >= 11 is 0. The molecule has 1 saturated heterocycles. The summed E-state index contributed by atoms with van der Waals surface area (Å²) < 4.78 is 1.69. The number of hydrogen-bond acceptors (Lipinski definition) is 4. The Kier molecular flexibility index (Phi) is 6.15. The zero-order valence-corrected chi connectivity index (χ0v) is 18.2. The minimum Gasteiger partial charge on any atom is -0.341 e. The van der Waals surface area contributed by atoms with Gasteiger partial charge in [-0.1, -0.05) is 50.3 Å². The molecule has 1 aliphatic carbocycles. The van der Waals surface area contributed by atoms with Crippen LogP contribution < -0.4 is 5.73 Å². The van der Waals surface area contributed by atoms with Crippen LogP contribution in [0.5, 0.6) is 0 Å². The lowest BCUT2D eigenvalue weighted by molar-refractivity contribution is -0.133. The van der Waals surface area contributed by atoms with Crippen LogP contribution in [0.25, 0.3) is 6.08 Å². The fourth-order valence-electron chi connectivity index (χ4n) is 4.39. The monoisotopic (exact) mass is 415 g/mol. The van der Waals surface area contributed by atoms with Crippen molar-refractivity contribution in [3.63, 3.8) is 0 Å². The second-order valence-corrected chi connectivity index (χ2v) is 8.40. The smallest absolute Gasteiger partial charge is 0.244 e. The first kappa shape index (κ1) is 21.5. The number of fused-ring (bicyclic) bond motifs is 2. The summed E-state index contributed by atoms with van der Waals surface area (Å²) in [6.45, 7) is 7.67. The predicted molar refractivity (Wildman–Crippen MR) is 117 cm³/mol. The zero-order chi connectivity index (χ0) is 19.9. The van der Waals surface area contributed by atoms with Gasteiger partial charge in [-0.3, -0.25) is 4.79 Å². The van der Waals surface area contributed by atoms with Gasteiger partial charge in [-0.15, -0.1) is 12.4 Å². The first-order valence-corrected chi connectivity index (χ1v) is 10.1. The quantitative estimate of drug-likeness (QED) is 0.831. The Balaban J connectivity index is 0.00000240. The van der Waals surface area contributed by atoms with Crippen molar-refractivity contribution in [2.75, 3.05) is 13.1 Å². The van der Waals surface area contributed by atoms with Crippen molar-refractivity contribution < 1.29 is 4.79 Å². The number of aromatic nitrogens is 3. The van der Waals surface area contributed by atoms with E-state index in [1.807, 2.05) is 11.8 Å². The van der Waals surface area contributed by atoms with E-state index in [-0.39, 0.29) is 42.2 Å². The van der Waals surface area contributed by atoms with Crippen LogP contribution in [-0.4, -0.2) is 38.7 Å². The van der Waals surface area contributed by atoms with Crippen LogP contribution in [0.3, 0.4) is 0 Å². The maximum Gasteiger partial charge on any atom is 0.244 e. The molecule has 1 fully saturated rings. The van der Waals surface area contributed by atoms with Crippen molar-refractivity contribution in [2.24, 2.45) is 11.7 Å². The summed E-state index contributed by atoms with van der Waals surface area (Å²) in [7, 11) is 0. The molecule has 0 radical (unpaired) electrons. The first-order chi connectivity index (χ1) is 13.4. The Labute approximate surface area is 178 Å². The second-order valence-electron chi connectivity index (χ2n) is 8.40. The Morgan fingerprint density at radius 3 is 2.62 bits per heavy atom. The van der Waals surface area contributed by atoms with Crippen LogP contribution >= 0.6 is 12.4 Å². The minimum atomic E-state index is -0.223. The lowest BCUT2D eigenvalue weighted by Gasteiger charge is -2.39. The van der Waals surface area contributed by atoms with Gasteiger partial charge in [0.2, 0.25) is 5.91 Å². The van der Waals surface area contributed by atoms with Crippen molar-refractivity contribution >= 4 is 24.4 Å². The molecule has 0 saturated carbocycles. The van der Waals surface area contributed by atoms with Gasteiger partial charge in [0.05, 0.1) is 6.04 Å². The van der Waals surface area contributed by atoms with Gasteiger partial charge in [0.15, 0.2) is 0 Å². The van der Waals surface area contributed by atoms with E-state index in [0.29, 0.717) is 11.6 Å². The molecule has 6 nitrogen and oxygen atoms in total. The van der Waals surface area contributed by atoms with E-state index in [4.69, 9.17) is 5.73 Å². The number of hydrogen-bond donors (Lipinski definition) is 1. The molecule has 29 heavy (non-hydrogen) atoms. The van der Waals surface area contributed by atoms with E-state index < -0.39 is 0 Å². The summed E-state index contributed by atoms with van der Waals surface area (Å²) in [5.74, 6) is 1.68. The van der Waals surface area contributed by atoms with Crippen molar-refractivity contribution in [1.82, 2.24) is 19.7 Å². The number of likely N-dealkylation sites (tertiary alicyclic amines) is 1. The van der Waals surface area contributed by atoms with E-state index in [9.17, 15) is 4.79 Å². The van der Waals surface area contributed by atoms with Crippen molar-refractivity contribution in [3.8, 4) is 0 Å². The van der Waals surface area contributed by atoms with E-state index in [1.54, 1.807) is 4.68 Å². The third kappa shape index (κ3) is 3.96. The van der Waals surface area contributed by atoms with Gasteiger partial charge >= 0.3 is 0 Å². The molecule has 2 heterocycles. The van der Waals surface area contributed by atoms with Crippen LogP contribution in [0.2, 0.25) is 0 Å². The molecule has 1 amide bonds. The summed E-state index contributed by atoms with van der Waals surface area (Å²) in [6.07, 6.45) is 6.48. The van der Waals surface area contributed by atoms with Crippen molar-refractivity contribution in [3.05, 3.63) is 53.1 Å². The zero-order valence-electron chi connectivity index (χ0n) is 17.3. The summed E-state index contributed by atoms with van der Waals surface area (Å²) in [6, 6.07) is 8.37. The number of nitrogens with two attached hydrogens (primary N) is 1. The molecule has 7 heteroatoms. The number of carbonyl (C=O) groups is 1. The fraction of sp³-hybridized carbons (Fsp3) is 0.500. The molecule has 4 rings (SSSR count). The molecular weight excluding hydrogens is 386 g/mol. The Hall–Kier alpha value is -2.18.